The molecule has 0 spiro atoms. The number of fused-ring (bicyclic) bond motifs is 1. The first-order valence-electron chi connectivity index (χ1n) is 9.43. The van der Waals surface area contributed by atoms with Crippen molar-refractivity contribution in [2.75, 3.05) is 11.9 Å². The molecule has 3 rings (SSSR count). The number of thiophene rings is 1. The van der Waals surface area contributed by atoms with Gasteiger partial charge in [-0.05, 0) is 57.4 Å². The first kappa shape index (κ1) is 20.8. The number of ether oxygens (including phenoxy) is 1. The minimum atomic E-state index is -0.571. The maximum absolute atomic E-state index is 12.9. The highest BCUT2D eigenvalue weighted by molar-refractivity contribution is 7.18. The van der Waals surface area contributed by atoms with Gasteiger partial charge in [0.2, 0.25) is 0 Å². The molecular weight excluding hydrogens is 390 g/mol. The first-order valence-corrected chi connectivity index (χ1v) is 10.2. The molecule has 2 heterocycles. The third-order valence-electron chi connectivity index (χ3n) is 4.79. The van der Waals surface area contributed by atoms with Gasteiger partial charge in [-0.3, -0.25) is 9.59 Å². The second kappa shape index (κ2) is 8.21. The van der Waals surface area contributed by atoms with Crippen molar-refractivity contribution in [2.45, 2.75) is 41.0 Å². The van der Waals surface area contributed by atoms with E-state index in [0.717, 1.165) is 34.3 Å². The molecule has 2 aromatic heterocycles. The lowest BCUT2D eigenvalue weighted by Crippen LogP contribution is -2.15. The minimum absolute atomic E-state index is 0.175. The number of Topliss-reactive ketones (excluding diaryl/α,β-unsaturated/α-hetero) is 1. The van der Waals surface area contributed by atoms with Crippen LogP contribution in [-0.2, 0) is 11.2 Å². The van der Waals surface area contributed by atoms with Crippen molar-refractivity contribution in [1.29, 1.82) is 0 Å². The van der Waals surface area contributed by atoms with Crippen LogP contribution in [0.15, 0.2) is 22.6 Å². The number of ketones is 1. The number of hydrogen-bond donors (Lipinski definition) is 1. The molecule has 1 aromatic carbocycles. The molecule has 29 heavy (non-hydrogen) atoms. The maximum atomic E-state index is 12.9. The van der Waals surface area contributed by atoms with Crippen molar-refractivity contribution in [3.05, 3.63) is 51.1 Å². The Bertz CT molecular complexity index is 1120. The van der Waals surface area contributed by atoms with Gasteiger partial charge in [0.15, 0.2) is 11.5 Å². The molecule has 6 nitrogen and oxygen atoms in total. The van der Waals surface area contributed by atoms with Crippen LogP contribution in [0.3, 0.4) is 0 Å². The molecule has 1 N–H and O–H groups in total. The van der Waals surface area contributed by atoms with Crippen molar-refractivity contribution in [1.82, 2.24) is 0 Å². The number of esters is 1. The zero-order valence-electron chi connectivity index (χ0n) is 17.1. The average molecular weight is 413 g/mol. The van der Waals surface area contributed by atoms with Crippen molar-refractivity contribution in [2.24, 2.45) is 0 Å². The maximum Gasteiger partial charge on any atom is 0.341 e. The van der Waals surface area contributed by atoms with Crippen molar-refractivity contribution < 1.29 is 23.5 Å². The zero-order chi connectivity index (χ0) is 21.3. The van der Waals surface area contributed by atoms with E-state index in [4.69, 9.17) is 9.15 Å². The summed E-state index contributed by atoms with van der Waals surface area (Å²) < 4.78 is 10.9. The Hall–Kier alpha value is -2.93. The van der Waals surface area contributed by atoms with Crippen LogP contribution >= 0.6 is 11.3 Å². The summed E-state index contributed by atoms with van der Waals surface area (Å²) in [6, 6.07) is 5.83. The number of carbonyl (C=O) groups excluding carboxylic acids is 3. The molecule has 0 aliphatic carbocycles. The largest absolute Gasteiger partial charge is 0.462 e. The molecule has 0 saturated carbocycles. The molecular formula is C22H23NO5S. The van der Waals surface area contributed by atoms with E-state index in [2.05, 4.69) is 12.2 Å². The van der Waals surface area contributed by atoms with Gasteiger partial charge in [0.05, 0.1) is 17.0 Å². The predicted octanol–water partition coefficient (Wildman–Crippen LogP) is 5.31. The Morgan fingerprint density at radius 2 is 1.86 bits per heavy atom. The number of carbonyl (C=O) groups is 3. The first-order chi connectivity index (χ1) is 13.8. The van der Waals surface area contributed by atoms with E-state index in [1.807, 2.05) is 25.1 Å². The number of furan rings is 1. The fourth-order valence-corrected chi connectivity index (χ4v) is 4.34. The van der Waals surface area contributed by atoms with Gasteiger partial charge in [-0.1, -0.05) is 13.0 Å². The van der Waals surface area contributed by atoms with Crippen LogP contribution in [0.1, 0.15) is 68.0 Å². The zero-order valence-corrected chi connectivity index (χ0v) is 17.9. The molecule has 0 aliphatic heterocycles. The number of hydrogen-bond acceptors (Lipinski definition) is 6. The molecule has 152 valence electrons. The molecule has 0 atom stereocenters. The normalized spacial score (nSPS) is 10.9. The SMILES string of the molecule is CCOC(=O)c1c(NC(=O)c2oc3ccc(CC)cc3c2C)sc(C(C)=O)c1C. The molecule has 0 aliphatic rings. The summed E-state index contributed by atoms with van der Waals surface area (Å²) in [7, 11) is 0. The summed E-state index contributed by atoms with van der Waals surface area (Å²) in [5.74, 6) is -1.04. The number of rotatable bonds is 6. The van der Waals surface area contributed by atoms with Gasteiger partial charge < -0.3 is 14.5 Å². The second-order valence-corrected chi connectivity index (χ2v) is 7.75. The van der Waals surface area contributed by atoms with Gasteiger partial charge in [0, 0.05) is 10.9 Å². The Morgan fingerprint density at radius 1 is 1.14 bits per heavy atom. The summed E-state index contributed by atoms with van der Waals surface area (Å²) in [5, 5.41) is 3.91. The number of anilines is 1. The van der Waals surface area contributed by atoms with Gasteiger partial charge in [-0.15, -0.1) is 11.3 Å². The molecule has 7 heteroatoms. The van der Waals surface area contributed by atoms with Gasteiger partial charge >= 0.3 is 5.97 Å². The number of aryl methyl sites for hydroxylation is 2. The van der Waals surface area contributed by atoms with Gasteiger partial charge in [-0.25, -0.2) is 4.79 Å². The lowest BCUT2D eigenvalue weighted by molar-refractivity contribution is 0.0527. The van der Waals surface area contributed by atoms with Crippen molar-refractivity contribution >= 4 is 45.0 Å². The van der Waals surface area contributed by atoms with Crippen LogP contribution in [0.4, 0.5) is 5.00 Å². The molecule has 0 fully saturated rings. The third kappa shape index (κ3) is 3.82. The summed E-state index contributed by atoms with van der Waals surface area (Å²) in [5.41, 5.74) is 3.22. The van der Waals surface area contributed by atoms with E-state index in [1.165, 1.54) is 6.92 Å². The lowest BCUT2D eigenvalue weighted by Gasteiger charge is -2.06. The fourth-order valence-electron chi connectivity index (χ4n) is 3.25. The Labute approximate surface area is 172 Å². The Kier molecular flexibility index (Phi) is 5.88. The van der Waals surface area contributed by atoms with Crippen LogP contribution in [0.2, 0.25) is 0 Å². The molecule has 1 amide bonds. The van der Waals surface area contributed by atoms with E-state index in [0.29, 0.717) is 16.0 Å². The van der Waals surface area contributed by atoms with Crippen molar-refractivity contribution in [3.8, 4) is 0 Å². The van der Waals surface area contributed by atoms with Gasteiger partial charge in [0.25, 0.3) is 5.91 Å². The van der Waals surface area contributed by atoms with Crippen LogP contribution < -0.4 is 5.32 Å². The number of amides is 1. The topological polar surface area (TPSA) is 85.6 Å². The predicted molar refractivity (Wildman–Crippen MR) is 113 cm³/mol. The Balaban J connectivity index is 2.01. The van der Waals surface area contributed by atoms with E-state index in [9.17, 15) is 14.4 Å². The van der Waals surface area contributed by atoms with E-state index >= 15 is 0 Å². The smallest absolute Gasteiger partial charge is 0.341 e. The molecule has 3 aromatic rings. The Morgan fingerprint density at radius 3 is 2.48 bits per heavy atom. The van der Waals surface area contributed by atoms with E-state index < -0.39 is 11.9 Å². The van der Waals surface area contributed by atoms with Crippen LogP contribution in [-0.4, -0.2) is 24.3 Å². The monoisotopic (exact) mass is 413 g/mol. The fraction of sp³-hybridized carbons (Fsp3) is 0.318. The van der Waals surface area contributed by atoms with E-state index in [1.54, 1.807) is 13.8 Å². The summed E-state index contributed by atoms with van der Waals surface area (Å²) >= 11 is 1.07. The number of nitrogens with one attached hydrogen (secondary N) is 1. The quantitative estimate of drug-likeness (QED) is 0.437. The minimum Gasteiger partial charge on any atom is -0.462 e. The lowest BCUT2D eigenvalue weighted by atomic mass is 10.1. The average Bonchev–Trinajstić information content (AvgIpc) is 3.18. The molecule has 0 bridgehead atoms. The summed E-state index contributed by atoms with van der Waals surface area (Å²) in [4.78, 5) is 37.7. The van der Waals surface area contributed by atoms with E-state index in [-0.39, 0.29) is 28.7 Å². The summed E-state index contributed by atoms with van der Waals surface area (Å²) in [6.07, 6.45) is 0.882. The van der Waals surface area contributed by atoms with Crippen LogP contribution in [0, 0.1) is 13.8 Å². The van der Waals surface area contributed by atoms with Crippen LogP contribution in [0.25, 0.3) is 11.0 Å². The highest BCUT2D eigenvalue weighted by Gasteiger charge is 2.27. The van der Waals surface area contributed by atoms with Gasteiger partial charge in [-0.2, -0.15) is 0 Å². The molecule has 0 unspecified atom stereocenters. The van der Waals surface area contributed by atoms with Gasteiger partial charge in [0.1, 0.15) is 10.6 Å². The highest BCUT2D eigenvalue weighted by Crippen LogP contribution is 2.35. The third-order valence-corrected chi connectivity index (χ3v) is 6.10. The highest BCUT2D eigenvalue weighted by atomic mass is 32.1. The summed E-state index contributed by atoms with van der Waals surface area (Å²) in [6.45, 7) is 8.88. The van der Waals surface area contributed by atoms with Crippen molar-refractivity contribution in [3.63, 3.8) is 0 Å². The molecule has 0 radical (unpaired) electrons. The second-order valence-electron chi connectivity index (χ2n) is 6.73. The number of benzene rings is 1. The van der Waals surface area contributed by atoms with Crippen LogP contribution in [0.5, 0.6) is 0 Å². The molecule has 0 saturated heterocycles. The standard InChI is InChI=1S/C22H23NO5S/c1-6-14-8-9-16-15(10-14)11(3)18(28-16)20(25)23-21-17(22(26)27-7-2)12(4)19(29-21)13(5)24/h8-10H,6-7H2,1-5H3,(H,23,25).